The normalized spacial score (nSPS) is 18.3. The van der Waals surface area contributed by atoms with Crippen LogP contribution in [0.15, 0.2) is 0 Å². The van der Waals surface area contributed by atoms with Crippen LogP contribution in [-0.2, 0) is 22.6 Å². The first-order valence-corrected chi connectivity index (χ1v) is 11.0. The lowest BCUT2D eigenvalue weighted by atomic mass is 10.1. The van der Waals surface area contributed by atoms with E-state index in [-0.39, 0.29) is 11.8 Å². The van der Waals surface area contributed by atoms with Crippen LogP contribution in [-0.4, -0.2) is 57.6 Å². The minimum atomic E-state index is 0.198. The SMILES string of the molecule is Cc1nn(CC(C)C)c(C)c1CCC(=O)N1CCN(C(=O)C2CCCC2)CC1. The maximum Gasteiger partial charge on any atom is 0.225 e. The lowest BCUT2D eigenvalue weighted by molar-refractivity contribution is -0.142. The summed E-state index contributed by atoms with van der Waals surface area (Å²) in [4.78, 5) is 29.2. The van der Waals surface area contributed by atoms with E-state index in [1.807, 2.05) is 16.7 Å². The van der Waals surface area contributed by atoms with Gasteiger partial charge in [-0.3, -0.25) is 14.3 Å². The van der Waals surface area contributed by atoms with Crippen molar-refractivity contribution in [1.82, 2.24) is 19.6 Å². The molecule has 156 valence electrons. The maximum absolute atomic E-state index is 12.7. The van der Waals surface area contributed by atoms with Crippen LogP contribution in [0.5, 0.6) is 0 Å². The molecular weight excluding hydrogens is 352 g/mol. The second-order valence-corrected chi connectivity index (χ2v) is 8.91. The number of amides is 2. The molecule has 1 aromatic heterocycles. The maximum atomic E-state index is 12.7. The summed E-state index contributed by atoms with van der Waals surface area (Å²) in [6.07, 6.45) is 5.71. The Morgan fingerprint density at radius 3 is 2.25 bits per heavy atom. The van der Waals surface area contributed by atoms with Crippen molar-refractivity contribution in [2.24, 2.45) is 11.8 Å². The molecule has 0 spiro atoms. The molecule has 2 fully saturated rings. The molecule has 2 heterocycles. The van der Waals surface area contributed by atoms with Crippen LogP contribution in [0.2, 0.25) is 0 Å². The minimum Gasteiger partial charge on any atom is -0.339 e. The van der Waals surface area contributed by atoms with E-state index in [0.717, 1.165) is 31.5 Å². The van der Waals surface area contributed by atoms with Gasteiger partial charge >= 0.3 is 0 Å². The number of hydrogen-bond donors (Lipinski definition) is 0. The summed E-state index contributed by atoms with van der Waals surface area (Å²) in [5.41, 5.74) is 3.44. The predicted molar refractivity (Wildman–Crippen MR) is 110 cm³/mol. The van der Waals surface area contributed by atoms with E-state index < -0.39 is 0 Å². The first kappa shape index (κ1) is 20.9. The summed E-state index contributed by atoms with van der Waals surface area (Å²) >= 11 is 0. The fraction of sp³-hybridized carbons (Fsp3) is 0.773. The second-order valence-electron chi connectivity index (χ2n) is 8.91. The fourth-order valence-electron chi connectivity index (χ4n) is 4.62. The van der Waals surface area contributed by atoms with E-state index in [4.69, 9.17) is 0 Å². The Morgan fingerprint density at radius 2 is 1.64 bits per heavy atom. The molecule has 6 nitrogen and oxygen atoms in total. The Hall–Kier alpha value is -1.85. The number of piperazine rings is 1. The van der Waals surface area contributed by atoms with Gasteiger partial charge in [0.1, 0.15) is 0 Å². The third kappa shape index (κ3) is 4.76. The van der Waals surface area contributed by atoms with Crippen molar-refractivity contribution in [2.75, 3.05) is 26.2 Å². The highest BCUT2D eigenvalue weighted by Gasteiger charge is 2.30. The Kier molecular flexibility index (Phi) is 6.78. The van der Waals surface area contributed by atoms with Gasteiger partial charge in [0.2, 0.25) is 11.8 Å². The lowest BCUT2D eigenvalue weighted by Crippen LogP contribution is -2.51. The highest BCUT2D eigenvalue weighted by molar-refractivity contribution is 5.80. The van der Waals surface area contributed by atoms with E-state index in [1.165, 1.54) is 24.1 Å². The molecule has 1 saturated carbocycles. The zero-order valence-electron chi connectivity index (χ0n) is 18.0. The molecule has 1 saturated heterocycles. The number of nitrogens with zero attached hydrogens (tertiary/aromatic N) is 4. The average Bonchev–Trinajstić information content (AvgIpc) is 3.29. The van der Waals surface area contributed by atoms with Gasteiger partial charge in [-0.15, -0.1) is 0 Å². The van der Waals surface area contributed by atoms with Gasteiger partial charge in [-0.2, -0.15) is 5.10 Å². The van der Waals surface area contributed by atoms with Crippen LogP contribution in [0.3, 0.4) is 0 Å². The van der Waals surface area contributed by atoms with Crippen molar-refractivity contribution in [3.63, 3.8) is 0 Å². The molecule has 0 atom stereocenters. The van der Waals surface area contributed by atoms with Crippen molar-refractivity contribution >= 4 is 11.8 Å². The van der Waals surface area contributed by atoms with Gasteiger partial charge in [-0.1, -0.05) is 26.7 Å². The molecule has 0 aromatic carbocycles. The number of aryl methyl sites for hydroxylation is 1. The summed E-state index contributed by atoms with van der Waals surface area (Å²) in [6.45, 7) is 12.2. The van der Waals surface area contributed by atoms with E-state index in [2.05, 4.69) is 30.6 Å². The summed E-state index contributed by atoms with van der Waals surface area (Å²) in [5.74, 6) is 1.29. The zero-order chi connectivity index (χ0) is 20.3. The van der Waals surface area contributed by atoms with Gasteiger partial charge in [0.15, 0.2) is 0 Å². The monoisotopic (exact) mass is 388 g/mol. The molecule has 3 rings (SSSR count). The van der Waals surface area contributed by atoms with Crippen LogP contribution < -0.4 is 0 Å². The Balaban J connectivity index is 1.48. The molecule has 2 amide bonds. The Labute approximate surface area is 169 Å². The third-order valence-corrected chi connectivity index (χ3v) is 6.31. The molecule has 1 aliphatic carbocycles. The van der Waals surface area contributed by atoms with Crippen LogP contribution in [0.4, 0.5) is 0 Å². The average molecular weight is 389 g/mol. The molecule has 1 aromatic rings. The van der Waals surface area contributed by atoms with Gasteiger partial charge in [0, 0.05) is 50.8 Å². The standard InChI is InChI=1S/C22H36N4O2/c1-16(2)15-26-18(4)20(17(3)23-26)9-10-21(27)24-11-13-25(14-12-24)22(28)19-7-5-6-8-19/h16,19H,5-15H2,1-4H3. The van der Waals surface area contributed by atoms with Gasteiger partial charge in [0.05, 0.1) is 5.69 Å². The number of hydrogen-bond acceptors (Lipinski definition) is 3. The first-order valence-electron chi connectivity index (χ1n) is 11.0. The van der Waals surface area contributed by atoms with E-state index in [0.29, 0.717) is 44.4 Å². The van der Waals surface area contributed by atoms with E-state index in [1.54, 1.807) is 0 Å². The van der Waals surface area contributed by atoms with Crippen molar-refractivity contribution in [1.29, 1.82) is 0 Å². The number of aromatic nitrogens is 2. The summed E-state index contributed by atoms with van der Waals surface area (Å²) in [5, 5.41) is 4.66. The first-order chi connectivity index (χ1) is 13.4. The highest BCUT2D eigenvalue weighted by Crippen LogP contribution is 2.27. The van der Waals surface area contributed by atoms with Crippen LogP contribution >= 0.6 is 0 Å². The Morgan fingerprint density at radius 1 is 1.04 bits per heavy atom. The zero-order valence-corrected chi connectivity index (χ0v) is 18.0. The minimum absolute atomic E-state index is 0.198. The molecule has 6 heteroatoms. The van der Waals surface area contributed by atoms with Crippen molar-refractivity contribution in [3.8, 4) is 0 Å². The van der Waals surface area contributed by atoms with Crippen molar-refractivity contribution in [2.45, 2.75) is 72.8 Å². The smallest absolute Gasteiger partial charge is 0.225 e. The molecular formula is C22H36N4O2. The van der Waals surface area contributed by atoms with Crippen LogP contribution in [0.25, 0.3) is 0 Å². The van der Waals surface area contributed by atoms with Crippen LogP contribution in [0, 0.1) is 25.7 Å². The van der Waals surface area contributed by atoms with Gasteiger partial charge < -0.3 is 9.80 Å². The van der Waals surface area contributed by atoms with Gasteiger partial charge in [0.25, 0.3) is 0 Å². The third-order valence-electron chi connectivity index (χ3n) is 6.31. The summed E-state index contributed by atoms with van der Waals surface area (Å²) in [6, 6.07) is 0. The molecule has 0 bridgehead atoms. The topological polar surface area (TPSA) is 58.4 Å². The predicted octanol–water partition coefficient (Wildman–Crippen LogP) is 2.95. The number of rotatable bonds is 6. The Bertz CT molecular complexity index is 696. The second kappa shape index (κ2) is 9.10. The summed E-state index contributed by atoms with van der Waals surface area (Å²) in [7, 11) is 0. The molecule has 0 unspecified atom stereocenters. The van der Waals surface area contributed by atoms with E-state index >= 15 is 0 Å². The van der Waals surface area contributed by atoms with Crippen LogP contribution in [0.1, 0.15) is 62.9 Å². The molecule has 0 radical (unpaired) electrons. The molecule has 2 aliphatic rings. The van der Waals surface area contributed by atoms with Gasteiger partial charge in [-0.25, -0.2) is 0 Å². The lowest BCUT2D eigenvalue weighted by Gasteiger charge is -2.36. The van der Waals surface area contributed by atoms with Gasteiger partial charge in [-0.05, 0) is 44.6 Å². The van der Waals surface area contributed by atoms with Crippen molar-refractivity contribution in [3.05, 3.63) is 17.0 Å². The molecule has 28 heavy (non-hydrogen) atoms. The fourth-order valence-corrected chi connectivity index (χ4v) is 4.62. The van der Waals surface area contributed by atoms with E-state index in [9.17, 15) is 9.59 Å². The quantitative estimate of drug-likeness (QED) is 0.753. The number of carbonyl (C=O) groups is 2. The van der Waals surface area contributed by atoms with Crippen molar-refractivity contribution < 1.29 is 9.59 Å². The highest BCUT2D eigenvalue weighted by atomic mass is 16.2. The molecule has 0 N–H and O–H groups in total. The number of carbonyl (C=O) groups excluding carboxylic acids is 2. The molecule has 1 aliphatic heterocycles. The summed E-state index contributed by atoms with van der Waals surface area (Å²) < 4.78 is 2.08. The largest absolute Gasteiger partial charge is 0.339 e.